The number of ether oxygens (including phenoxy) is 1. The molecule has 0 radical (unpaired) electrons. The van der Waals surface area contributed by atoms with Crippen molar-refractivity contribution in [3.8, 4) is 0 Å². The quantitative estimate of drug-likeness (QED) is 0.624. The van der Waals surface area contributed by atoms with Crippen molar-refractivity contribution in [2.75, 3.05) is 59.5 Å². The normalized spacial score (nSPS) is 23.2. The molecule has 2 fully saturated rings. The number of guanidine groups is 1. The Bertz CT molecular complexity index is 556. The first-order valence-electron chi connectivity index (χ1n) is 10.0. The largest absolute Gasteiger partial charge is 0.379 e. The van der Waals surface area contributed by atoms with E-state index >= 15 is 0 Å². The van der Waals surface area contributed by atoms with Gasteiger partial charge in [0.15, 0.2) is 5.96 Å². The van der Waals surface area contributed by atoms with E-state index in [1.165, 1.54) is 18.4 Å². The van der Waals surface area contributed by atoms with Crippen LogP contribution in [-0.2, 0) is 11.2 Å². The van der Waals surface area contributed by atoms with Gasteiger partial charge in [-0.2, -0.15) is 0 Å². The smallest absolute Gasteiger partial charge is 0.193 e. The fraction of sp³-hybridized carbons (Fsp3) is 0.667. The first kappa shape index (κ1) is 19.2. The fourth-order valence-electron chi connectivity index (χ4n) is 4.03. The standard InChI is InChI=1S/C21H34N4O/c1-18(16-24-10-12-26-13-11-24)15-23-21(22-2)25-9-8-20(17-25)14-19-6-4-3-5-7-19/h3-7,18,20H,8-17H2,1-2H3,(H,22,23). The number of aliphatic imine (C=N–C) groups is 1. The van der Waals surface area contributed by atoms with Gasteiger partial charge in [-0.3, -0.25) is 9.89 Å². The summed E-state index contributed by atoms with van der Waals surface area (Å²) in [5, 5.41) is 3.60. The van der Waals surface area contributed by atoms with Crippen molar-refractivity contribution < 1.29 is 4.74 Å². The Labute approximate surface area is 158 Å². The van der Waals surface area contributed by atoms with Crippen molar-refractivity contribution in [1.29, 1.82) is 0 Å². The molecule has 1 aromatic carbocycles. The van der Waals surface area contributed by atoms with Crippen LogP contribution in [-0.4, -0.2) is 75.3 Å². The van der Waals surface area contributed by atoms with Crippen molar-refractivity contribution in [3.63, 3.8) is 0 Å². The van der Waals surface area contributed by atoms with E-state index in [1.54, 1.807) is 0 Å². The number of nitrogens with zero attached hydrogens (tertiary/aromatic N) is 3. The minimum atomic E-state index is 0.604. The second-order valence-electron chi connectivity index (χ2n) is 7.74. The zero-order chi connectivity index (χ0) is 18.2. The zero-order valence-corrected chi connectivity index (χ0v) is 16.4. The van der Waals surface area contributed by atoms with Gasteiger partial charge in [-0.05, 0) is 30.2 Å². The third-order valence-electron chi connectivity index (χ3n) is 5.45. The third-order valence-corrected chi connectivity index (χ3v) is 5.45. The van der Waals surface area contributed by atoms with Crippen molar-refractivity contribution in [2.24, 2.45) is 16.8 Å². The van der Waals surface area contributed by atoms with Gasteiger partial charge in [-0.15, -0.1) is 0 Å². The summed E-state index contributed by atoms with van der Waals surface area (Å²) in [7, 11) is 1.90. The van der Waals surface area contributed by atoms with E-state index in [9.17, 15) is 0 Å². The minimum absolute atomic E-state index is 0.604. The predicted octanol–water partition coefficient (Wildman–Crippen LogP) is 2.09. The van der Waals surface area contributed by atoms with Gasteiger partial charge < -0.3 is 15.0 Å². The van der Waals surface area contributed by atoms with Gasteiger partial charge in [-0.1, -0.05) is 37.3 Å². The van der Waals surface area contributed by atoms with Crippen LogP contribution in [0.15, 0.2) is 35.3 Å². The number of nitrogens with one attached hydrogen (secondary N) is 1. The van der Waals surface area contributed by atoms with Crippen molar-refractivity contribution in [1.82, 2.24) is 15.1 Å². The molecule has 1 N–H and O–H groups in total. The molecule has 0 spiro atoms. The van der Waals surface area contributed by atoms with Gasteiger partial charge >= 0.3 is 0 Å². The van der Waals surface area contributed by atoms with E-state index in [2.05, 4.69) is 57.4 Å². The summed E-state index contributed by atoms with van der Waals surface area (Å²) < 4.78 is 5.43. The van der Waals surface area contributed by atoms with Gasteiger partial charge in [0, 0.05) is 46.3 Å². The molecule has 0 saturated carbocycles. The van der Waals surface area contributed by atoms with Crippen LogP contribution in [0.5, 0.6) is 0 Å². The van der Waals surface area contributed by atoms with Gasteiger partial charge in [0.2, 0.25) is 0 Å². The lowest BCUT2D eigenvalue weighted by molar-refractivity contribution is 0.0320. The number of hydrogen-bond donors (Lipinski definition) is 1. The average Bonchev–Trinajstić information content (AvgIpc) is 3.12. The molecule has 0 aromatic heterocycles. The van der Waals surface area contributed by atoms with Gasteiger partial charge in [0.1, 0.15) is 0 Å². The molecular weight excluding hydrogens is 324 g/mol. The number of benzene rings is 1. The van der Waals surface area contributed by atoms with Crippen molar-refractivity contribution >= 4 is 5.96 Å². The number of rotatable bonds is 6. The highest BCUT2D eigenvalue weighted by molar-refractivity contribution is 5.80. The summed E-state index contributed by atoms with van der Waals surface area (Å²) in [6, 6.07) is 10.8. The first-order valence-corrected chi connectivity index (χ1v) is 10.0. The van der Waals surface area contributed by atoms with Crippen LogP contribution in [0.3, 0.4) is 0 Å². The monoisotopic (exact) mass is 358 g/mol. The second kappa shape index (κ2) is 9.93. The first-order chi connectivity index (χ1) is 12.7. The lowest BCUT2D eigenvalue weighted by Gasteiger charge is -2.30. The van der Waals surface area contributed by atoms with Crippen molar-refractivity contribution in [2.45, 2.75) is 19.8 Å². The highest BCUT2D eigenvalue weighted by Crippen LogP contribution is 2.20. The molecule has 0 amide bonds. The van der Waals surface area contributed by atoms with Crippen molar-refractivity contribution in [3.05, 3.63) is 35.9 Å². The van der Waals surface area contributed by atoms with E-state index in [1.807, 2.05) is 7.05 Å². The minimum Gasteiger partial charge on any atom is -0.379 e. The van der Waals surface area contributed by atoms with Crippen LogP contribution in [0.2, 0.25) is 0 Å². The molecule has 2 atom stereocenters. The number of morpholine rings is 1. The molecule has 2 heterocycles. The van der Waals surface area contributed by atoms with E-state index in [4.69, 9.17) is 4.74 Å². The topological polar surface area (TPSA) is 40.1 Å². The van der Waals surface area contributed by atoms with Crippen LogP contribution in [0.4, 0.5) is 0 Å². The Balaban J connectivity index is 1.41. The van der Waals surface area contributed by atoms with Crippen LogP contribution in [0.25, 0.3) is 0 Å². The fourth-order valence-corrected chi connectivity index (χ4v) is 4.03. The maximum atomic E-state index is 5.43. The molecular formula is C21H34N4O. The van der Waals surface area contributed by atoms with Crippen LogP contribution < -0.4 is 5.32 Å². The second-order valence-corrected chi connectivity index (χ2v) is 7.74. The molecule has 2 aliphatic heterocycles. The summed E-state index contributed by atoms with van der Waals surface area (Å²) in [5.74, 6) is 2.39. The van der Waals surface area contributed by atoms with Gasteiger partial charge in [0.05, 0.1) is 13.2 Å². The predicted molar refractivity (Wildman–Crippen MR) is 108 cm³/mol. The maximum Gasteiger partial charge on any atom is 0.193 e. The van der Waals surface area contributed by atoms with Gasteiger partial charge in [0.25, 0.3) is 0 Å². The average molecular weight is 359 g/mol. The lowest BCUT2D eigenvalue weighted by atomic mass is 9.99. The third kappa shape index (κ3) is 5.71. The summed E-state index contributed by atoms with van der Waals surface area (Å²) in [6.45, 7) is 10.5. The van der Waals surface area contributed by atoms with E-state index in [0.29, 0.717) is 5.92 Å². The Hall–Kier alpha value is -1.59. The molecule has 2 aliphatic rings. The van der Waals surface area contributed by atoms with Crippen LogP contribution in [0.1, 0.15) is 18.9 Å². The molecule has 5 nitrogen and oxygen atoms in total. The number of hydrogen-bond acceptors (Lipinski definition) is 3. The Kier molecular flexibility index (Phi) is 7.32. The molecule has 0 bridgehead atoms. The van der Waals surface area contributed by atoms with Gasteiger partial charge in [-0.25, -0.2) is 0 Å². The van der Waals surface area contributed by atoms with E-state index in [0.717, 1.165) is 64.4 Å². The van der Waals surface area contributed by atoms with Crippen LogP contribution in [0, 0.1) is 11.8 Å². The summed E-state index contributed by atoms with van der Waals surface area (Å²) in [6.07, 6.45) is 2.42. The molecule has 0 aliphatic carbocycles. The molecule has 3 rings (SSSR count). The molecule has 2 unspecified atom stereocenters. The summed E-state index contributed by atoms with van der Waals surface area (Å²) in [4.78, 5) is 9.46. The number of likely N-dealkylation sites (tertiary alicyclic amines) is 1. The molecule has 144 valence electrons. The SMILES string of the molecule is CN=C(NCC(C)CN1CCOCC1)N1CCC(Cc2ccccc2)C1. The molecule has 26 heavy (non-hydrogen) atoms. The van der Waals surface area contributed by atoms with Crippen LogP contribution >= 0.6 is 0 Å². The van der Waals surface area contributed by atoms with E-state index < -0.39 is 0 Å². The lowest BCUT2D eigenvalue weighted by Crippen LogP contribution is -2.45. The van der Waals surface area contributed by atoms with E-state index in [-0.39, 0.29) is 0 Å². The molecule has 5 heteroatoms. The highest BCUT2D eigenvalue weighted by atomic mass is 16.5. The zero-order valence-electron chi connectivity index (χ0n) is 16.4. The summed E-state index contributed by atoms with van der Waals surface area (Å²) >= 11 is 0. The molecule has 1 aromatic rings. The highest BCUT2D eigenvalue weighted by Gasteiger charge is 2.25. The Morgan fingerprint density at radius 3 is 2.73 bits per heavy atom. The Morgan fingerprint density at radius 1 is 1.23 bits per heavy atom. The molecule has 2 saturated heterocycles. The maximum absolute atomic E-state index is 5.43. The Morgan fingerprint density at radius 2 is 2.00 bits per heavy atom. The summed E-state index contributed by atoms with van der Waals surface area (Å²) in [5.41, 5.74) is 1.45.